The van der Waals surface area contributed by atoms with Gasteiger partial charge in [-0.3, -0.25) is 0 Å². The molecule has 2 aromatic rings. The van der Waals surface area contributed by atoms with E-state index in [1.54, 1.807) is 12.5 Å². The lowest BCUT2D eigenvalue weighted by molar-refractivity contribution is 0.422. The molecule has 0 atom stereocenters. The molecule has 2 aromatic heterocycles. The summed E-state index contributed by atoms with van der Waals surface area (Å²) >= 11 is 0. The molecule has 13 heavy (non-hydrogen) atoms. The molecule has 0 saturated carbocycles. The standard InChI is InChI=1S/C8H10N4O/c9-2-1-6-3-8(13-12-6)7-4-10-5-11-7/h3-5H,1-2,9H2,(H,10,11). The molecule has 2 heterocycles. The van der Waals surface area contributed by atoms with Crippen LogP contribution in [0.25, 0.3) is 11.5 Å². The number of rotatable bonds is 3. The molecule has 0 amide bonds. The highest BCUT2D eigenvalue weighted by molar-refractivity contribution is 5.50. The Morgan fingerprint density at radius 3 is 3.15 bits per heavy atom. The van der Waals surface area contributed by atoms with E-state index in [0.29, 0.717) is 12.3 Å². The molecule has 0 unspecified atom stereocenters. The summed E-state index contributed by atoms with van der Waals surface area (Å²) in [4.78, 5) is 6.82. The van der Waals surface area contributed by atoms with Crippen LogP contribution in [0, 0.1) is 0 Å². The third kappa shape index (κ3) is 1.59. The van der Waals surface area contributed by atoms with Gasteiger partial charge in [-0.15, -0.1) is 0 Å². The number of nitrogens with two attached hydrogens (primary N) is 1. The van der Waals surface area contributed by atoms with Crippen LogP contribution in [0.4, 0.5) is 0 Å². The van der Waals surface area contributed by atoms with Crippen LogP contribution in [-0.2, 0) is 6.42 Å². The fraction of sp³-hybridized carbons (Fsp3) is 0.250. The van der Waals surface area contributed by atoms with E-state index in [4.69, 9.17) is 10.3 Å². The van der Waals surface area contributed by atoms with Crippen LogP contribution >= 0.6 is 0 Å². The summed E-state index contributed by atoms with van der Waals surface area (Å²) in [7, 11) is 0. The van der Waals surface area contributed by atoms with Crippen molar-refractivity contribution >= 4 is 0 Å². The Labute approximate surface area is 75.0 Å². The average Bonchev–Trinajstić information content (AvgIpc) is 2.70. The van der Waals surface area contributed by atoms with E-state index in [1.165, 1.54) is 0 Å². The van der Waals surface area contributed by atoms with Gasteiger partial charge < -0.3 is 15.2 Å². The highest BCUT2D eigenvalue weighted by atomic mass is 16.5. The topological polar surface area (TPSA) is 80.7 Å². The molecule has 0 aliphatic heterocycles. The van der Waals surface area contributed by atoms with Crippen LogP contribution in [0.1, 0.15) is 5.69 Å². The maximum Gasteiger partial charge on any atom is 0.184 e. The Kier molecular flexibility index (Phi) is 2.09. The molecule has 5 heteroatoms. The first-order valence-electron chi connectivity index (χ1n) is 4.04. The van der Waals surface area contributed by atoms with E-state index in [2.05, 4.69) is 15.1 Å². The van der Waals surface area contributed by atoms with E-state index in [-0.39, 0.29) is 0 Å². The molecule has 0 aromatic carbocycles. The number of nitrogens with zero attached hydrogens (tertiary/aromatic N) is 2. The summed E-state index contributed by atoms with van der Waals surface area (Å²) in [5, 5.41) is 3.86. The summed E-state index contributed by atoms with van der Waals surface area (Å²) in [6.07, 6.45) is 4.02. The maximum atomic E-state index is 5.39. The fourth-order valence-corrected chi connectivity index (χ4v) is 1.10. The van der Waals surface area contributed by atoms with Crippen molar-refractivity contribution < 1.29 is 4.52 Å². The predicted molar refractivity (Wildman–Crippen MR) is 46.8 cm³/mol. The van der Waals surface area contributed by atoms with Crippen LogP contribution in [0.15, 0.2) is 23.1 Å². The van der Waals surface area contributed by atoms with Crippen molar-refractivity contribution in [1.82, 2.24) is 15.1 Å². The zero-order valence-electron chi connectivity index (χ0n) is 7.03. The first kappa shape index (κ1) is 8.00. The SMILES string of the molecule is NCCc1cc(-c2cnc[nH]2)on1. The van der Waals surface area contributed by atoms with E-state index < -0.39 is 0 Å². The number of aromatic nitrogens is 3. The van der Waals surface area contributed by atoms with Crippen LogP contribution in [0.2, 0.25) is 0 Å². The van der Waals surface area contributed by atoms with Crippen molar-refractivity contribution in [1.29, 1.82) is 0 Å². The maximum absolute atomic E-state index is 5.39. The molecular weight excluding hydrogens is 168 g/mol. The van der Waals surface area contributed by atoms with E-state index in [9.17, 15) is 0 Å². The van der Waals surface area contributed by atoms with E-state index >= 15 is 0 Å². The van der Waals surface area contributed by atoms with Gasteiger partial charge in [0, 0.05) is 12.5 Å². The molecule has 0 bridgehead atoms. The van der Waals surface area contributed by atoms with Crippen molar-refractivity contribution in [2.75, 3.05) is 6.54 Å². The largest absolute Gasteiger partial charge is 0.354 e. The molecule has 0 aliphatic carbocycles. The molecule has 0 fully saturated rings. The minimum absolute atomic E-state index is 0.578. The summed E-state index contributed by atoms with van der Waals surface area (Å²) in [5.74, 6) is 0.695. The van der Waals surface area contributed by atoms with Gasteiger partial charge in [0.15, 0.2) is 5.76 Å². The van der Waals surface area contributed by atoms with Gasteiger partial charge in [-0.2, -0.15) is 0 Å². The van der Waals surface area contributed by atoms with Crippen molar-refractivity contribution in [3.8, 4) is 11.5 Å². The second kappa shape index (κ2) is 3.40. The number of nitrogens with one attached hydrogen (secondary N) is 1. The quantitative estimate of drug-likeness (QED) is 0.719. The zero-order valence-corrected chi connectivity index (χ0v) is 7.03. The van der Waals surface area contributed by atoms with Crippen LogP contribution in [0.5, 0.6) is 0 Å². The Bertz CT molecular complexity index is 365. The summed E-state index contributed by atoms with van der Waals surface area (Å²) in [6.45, 7) is 0.578. The highest BCUT2D eigenvalue weighted by Crippen LogP contribution is 2.16. The number of hydrogen-bond donors (Lipinski definition) is 2. The minimum atomic E-state index is 0.578. The Balaban J connectivity index is 2.23. The van der Waals surface area contributed by atoms with Crippen molar-refractivity contribution in [2.24, 2.45) is 5.73 Å². The van der Waals surface area contributed by atoms with Gasteiger partial charge in [-0.25, -0.2) is 4.98 Å². The summed E-state index contributed by atoms with van der Waals surface area (Å²) in [5.41, 5.74) is 7.08. The lowest BCUT2D eigenvalue weighted by atomic mass is 10.2. The number of aromatic amines is 1. The average molecular weight is 178 g/mol. The third-order valence-corrected chi connectivity index (χ3v) is 1.72. The number of hydrogen-bond acceptors (Lipinski definition) is 4. The van der Waals surface area contributed by atoms with Gasteiger partial charge in [-0.05, 0) is 6.54 Å². The van der Waals surface area contributed by atoms with Gasteiger partial charge in [0.05, 0.1) is 18.2 Å². The molecule has 5 nitrogen and oxygen atoms in total. The van der Waals surface area contributed by atoms with Gasteiger partial charge in [-0.1, -0.05) is 5.16 Å². The molecule has 0 radical (unpaired) electrons. The monoisotopic (exact) mass is 178 g/mol. The Morgan fingerprint density at radius 2 is 2.46 bits per heavy atom. The highest BCUT2D eigenvalue weighted by Gasteiger charge is 2.06. The molecule has 0 spiro atoms. The lowest BCUT2D eigenvalue weighted by Crippen LogP contribution is -2.02. The van der Waals surface area contributed by atoms with Gasteiger partial charge in [0.2, 0.25) is 0 Å². The second-order valence-electron chi connectivity index (χ2n) is 2.69. The van der Waals surface area contributed by atoms with E-state index in [0.717, 1.165) is 17.8 Å². The van der Waals surface area contributed by atoms with Crippen LogP contribution in [0.3, 0.4) is 0 Å². The second-order valence-corrected chi connectivity index (χ2v) is 2.69. The number of imidazole rings is 1. The van der Waals surface area contributed by atoms with Crippen molar-refractivity contribution in [2.45, 2.75) is 6.42 Å². The summed E-state index contributed by atoms with van der Waals surface area (Å²) in [6, 6.07) is 1.86. The van der Waals surface area contributed by atoms with E-state index in [1.807, 2.05) is 6.07 Å². The normalized spacial score (nSPS) is 10.5. The number of H-pyrrole nitrogens is 1. The molecule has 0 aliphatic rings. The Hall–Kier alpha value is -1.62. The zero-order chi connectivity index (χ0) is 9.10. The van der Waals surface area contributed by atoms with Gasteiger partial charge in [0.1, 0.15) is 5.69 Å². The van der Waals surface area contributed by atoms with Gasteiger partial charge in [0.25, 0.3) is 0 Å². The smallest absolute Gasteiger partial charge is 0.184 e. The first-order chi connectivity index (χ1) is 6.40. The van der Waals surface area contributed by atoms with Crippen molar-refractivity contribution in [3.05, 3.63) is 24.3 Å². The molecule has 2 rings (SSSR count). The lowest BCUT2D eigenvalue weighted by Gasteiger charge is -1.85. The summed E-state index contributed by atoms with van der Waals surface area (Å²) < 4.78 is 5.08. The van der Waals surface area contributed by atoms with Crippen LogP contribution < -0.4 is 5.73 Å². The fourth-order valence-electron chi connectivity index (χ4n) is 1.10. The molecular formula is C8H10N4O. The van der Waals surface area contributed by atoms with Gasteiger partial charge >= 0.3 is 0 Å². The molecule has 3 N–H and O–H groups in total. The third-order valence-electron chi connectivity index (χ3n) is 1.72. The van der Waals surface area contributed by atoms with Crippen LogP contribution in [-0.4, -0.2) is 21.7 Å². The first-order valence-corrected chi connectivity index (χ1v) is 4.04. The molecule has 0 saturated heterocycles. The predicted octanol–water partition coefficient (Wildman–Crippen LogP) is 0.566. The molecule has 68 valence electrons. The minimum Gasteiger partial charge on any atom is -0.354 e. The van der Waals surface area contributed by atoms with Crippen molar-refractivity contribution in [3.63, 3.8) is 0 Å². The Morgan fingerprint density at radius 1 is 1.54 bits per heavy atom.